The zero-order chi connectivity index (χ0) is 22.3. The van der Waals surface area contributed by atoms with Crippen molar-refractivity contribution in [3.05, 3.63) is 108 Å². The molecule has 0 N–H and O–H groups in total. The van der Waals surface area contributed by atoms with Crippen LogP contribution in [0.4, 0.5) is 0 Å². The van der Waals surface area contributed by atoms with Crippen molar-refractivity contribution in [1.29, 1.82) is 0 Å². The highest BCUT2D eigenvalue weighted by Crippen LogP contribution is 2.29. The van der Waals surface area contributed by atoms with Crippen molar-refractivity contribution < 1.29 is 9.32 Å². The highest BCUT2D eigenvalue weighted by atomic mass is 16.5. The molecular weight excluding hydrogens is 398 g/mol. The van der Waals surface area contributed by atoms with Crippen molar-refractivity contribution in [1.82, 2.24) is 15.0 Å². The average Bonchev–Trinajstić information content (AvgIpc) is 3.31. The normalized spacial score (nSPS) is 11.1. The van der Waals surface area contributed by atoms with Gasteiger partial charge in [-0.05, 0) is 25.0 Å². The van der Waals surface area contributed by atoms with Gasteiger partial charge in [0, 0.05) is 23.9 Å². The van der Waals surface area contributed by atoms with E-state index in [1.165, 1.54) is 0 Å². The van der Waals surface area contributed by atoms with Crippen LogP contribution < -0.4 is 0 Å². The number of rotatable bonds is 8. The van der Waals surface area contributed by atoms with Crippen molar-refractivity contribution in [2.24, 2.45) is 0 Å². The Morgan fingerprint density at radius 1 is 0.844 bits per heavy atom. The fourth-order valence-electron chi connectivity index (χ4n) is 3.82. The predicted octanol–water partition coefficient (Wildman–Crippen LogP) is 5.70. The minimum atomic E-state index is -0.0197. The van der Waals surface area contributed by atoms with Crippen LogP contribution in [0.1, 0.15) is 43.2 Å². The molecule has 1 amide bonds. The first-order valence-corrected chi connectivity index (χ1v) is 10.9. The molecule has 0 atom stereocenters. The SMILES string of the molecule is CC(C)N(Cc1nc(-c2ccccc2)no1)C(=O)CC(c1ccccc1)c1ccccc1. The monoisotopic (exact) mass is 425 g/mol. The number of benzene rings is 3. The van der Waals surface area contributed by atoms with E-state index in [-0.39, 0.29) is 24.4 Å². The van der Waals surface area contributed by atoms with Gasteiger partial charge in [0.25, 0.3) is 0 Å². The summed E-state index contributed by atoms with van der Waals surface area (Å²) in [6.45, 7) is 4.30. The van der Waals surface area contributed by atoms with Crippen molar-refractivity contribution in [2.45, 2.75) is 38.8 Å². The lowest BCUT2D eigenvalue weighted by atomic mass is 9.88. The van der Waals surface area contributed by atoms with Gasteiger partial charge in [-0.25, -0.2) is 0 Å². The molecule has 0 spiro atoms. The van der Waals surface area contributed by atoms with Gasteiger partial charge in [-0.3, -0.25) is 4.79 Å². The van der Waals surface area contributed by atoms with E-state index in [0.29, 0.717) is 18.1 Å². The number of amides is 1. The predicted molar refractivity (Wildman–Crippen MR) is 125 cm³/mol. The summed E-state index contributed by atoms with van der Waals surface area (Å²) in [6, 6.07) is 30.0. The zero-order valence-corrected chi connectivity index (χ0v) is 18.4. The van der Waals surface area contributed by atoms with E-state index < -0.39 is 0 Å². The van der Waals surface area contributed by atoms with E-state index in [2.05, 4.69) is 34.4 Å². The summed E-state index contributed by atoms with van der Waals surface area (Å²) >= 11 is 0. The van der Waals surface area contributed by atoms with Crippen LogP contribution in [0.25, 0.3) is 11.4 Å². The number of aromatic nitrogens is 2. The maximum atomic E-state index is 13.5. The molecule has 0 bridgehead atoms. The third kappa shape index (κ3) is 5.11. The van der Waals surface area contributed by atoms with Crippen LogP contribution in [-0.4, -0.2) is 27.0 Å². The number of hydrogen-bond donors (Lipinski definition) is 0. The first kappa shape index (κ1) is 21.5. The van der Waals surface area contributed by atoms with E-state index in [1.807, 2.05) is 80.6 Å². The molecule has 32 heavy (non-hydrogen) atoms. The van der Waals surface area contributed by atoms with Gasteiger partial charge in [0.05, 0.1) is 0 Å². The Labute approximate surface area is 188 Å². The summed E-state index contributed by atoms with van der Waals surface area (Å²) in [5, 5.41) is 4.09. The maximum Gasteiger partial charge on any atom is 0.246 e. The molecule has 5 heteroatoms. The molecule has 3 aromatic carbocycles. The molecule has 5 nitrogen and oxygen atoms in total. The number of carbonyl (C=O) groups excluding carboxylic acids is 1. The lowest BCUT2D eigenvalue weighted by Gasteiger charge is -2.28. The van der Waals surface area contributed by atoms with E-state index >= 15 is 0 Å². The summed E-state index contributed by atoms with van der Waals surface area (Å²) in [5.41, 5.74) is 3.14. The molecule has 0 aliphatic carbocycles. The van der Waals surface area contributed by atoms with Crippen LogP contribution in [0.15, 0.2) is 95.5 Å². The van der Waals surface area contributed by atoms with E-state index in [4.69, 9.17) is 4.52 Å². The van der Waals surface area contributed by atoms with Gasteiger partial charge in [0.1, 0.15) is 6.54 Å². The first-order chi connectivity index (χ1) is 15.6. The van der Waals surface area contributed by atoms with Crippen LogP contribution in [-0.2, 0) is 11.3 Å². The minimum Gasteiger partial charge on any atom is -0.337 e. The minimum absolute atomic E-state index is 0.00164. The van der Waals surface area contributed by atoms with Gasteiger partial charge < -0.3 is 9.42 Å². The van der Waals surface area contributed by atoms with Crippen LogP contribution in [0.3, 0.4) is 0 Å². The van der Waals surface area contributed by atoms with E-state index in [1.54, 1.807) is 4.90 Å². The largest absolute Gasteiger partial charge is 0.337 e. The standard InChI is InChI=1S/C27H27N3O2/c1-20(2)30(19-25-28-27(29-32-25)23-16-10-5-11-17-23)26(31)18-24(21-12-6-3-7-13-21)22-14-8-4-9-15-22/h3-17,20,24H,18-19H2,1-2H3. The summed E-state index contributed by atoms with van der Waals surface area (Å²) < 4.78 is 5.47. The van der Waals surface area contributed by atoms with Crippen molar-refractivity contribution in [2.75, 3.05) is 0 Å². The third-order valence-electron chi connectivity index (χ3n) is 5.53. The van der Waals surface area contributed by atoms with Crippen molar-refractivity contribution in [3.8, 4) is 11.4 Å². The van der Waals surface area contributed by atoms with Gasteiger partial charge in [-0.15, -0.1) is 0 Å². The quantitative estimate of drug-likeness (QED) is 0.364. The molecule has 0 aliphatic heterocycles. The number of carbonyl (C=O) groups is 1. The summed E-state index contributed by atoms with van der Waals surface area (Å²) in [5.74, 6) is 0.996. The summed E-state index contributed by atoms with van der Waals surface area (Å²) in [7, 11) is 0. The van der Waals surface area contributed by atoms with Gasteiger partial charge in [0.15, 0.2) is 0 Å². The molecular formula is C27H27N3O2. The molecule has 0 aliphatic rings. The molecule has 4 rings (SSSR count). The second-order valence-electron chi connectivity index (χ2n) is 8.07. The van der Waals surface area contributed by atoms with Gasteiger partial charge >= 0.3 is 0 Å². The Hall–Kier alpha value is -3.73. The second-order valence-corrected chi connectivity index (χ2v) is 8.07. The van der Waals surface area contributed by atoms with Gasteiger partial charge in [0.2, 0.25) is 17.6 Å². The number of hydrogen-bond acceptors (Lipinski definition) is 4. The fourth-order valence-corrected chi connectivity index (χ4v) is 3.82. The first-order valence-electron chi connectivity index (χ1n) is 10.9. The topological polar surface area (TPSA) is 59.2 Å². The Bertz CT molecular complexity index is 1090. The Morgan fingerprint density at radius 3 is 1.91 bits per heavy atom. The molecule has 1 heterocycles. The lowest BCUT2D eigenvalue weighted by molar-refractivity contribution is -0.134. The highest BCUT2D eigenvalue weighted by molar-refractivity contribution is 5.78. The zero-order valence-electron chi connectivity index (χ0n) is 18.4. The van der Waals surface area contributed by atoms with Gasteiger partial charge in [-0.1, -0.05) is 96.2 Å². The van der Waals surface area contributed by atoms with Crippen LogP contribution >= 0.6 is 0 Å². The molecule has 0 saturated carbocycles. The lowest BCUT2D eigenvalue weighted by Crippen LogP contribution is -2.37. The van der Waals surface area contributed by atoms with E-state index in [0.717, 1.165) is 16.7 Å². The molecule has 0 radical (unpaired) electrons. The van der Waals surface area contributed by atoms with Crippen molar-refractivity contribution in [3.63, 3.8) is 0 Å². The molecule has 0 saturated heterocycles. The molecule has 4 aromatic rings. The van der Waals surface area contributed by atoms with Crippen LogP contribution in [0, 0.1) is 0 Å². The number of nitrogens with zero attached hydrogens (tertiary/aromatic N) is 3. The molecule has 0 fully saturated rings. The van der Waals surface area contributed by atoms with Gasteiger partial charge in [-0.2, -0.15) is 4.98 Å². The Morgan fingerprint density at radius 2 is 1.38 bits per heavy atom. The van der Waals surface area contributed by atoms with Crippen LogP contribution in [0.5, 0.6) is 0 Å². The average molecular weight is 426 g/mol. The Balaban J connectivity index is 1.54. The third-order valence-corrected chi connectivity index (χ3v) is 5.53. The smallest absolute Gasteiger partial charge is 0.246 e. The highest BCUT2D eigenvalue weighted by Gasteiger charge is 2.25. The Kier molecular flexibility index (Phi) is 6.75. The summed E-state index contributed by atoms with van der Waals surface area (Å²) in [4.78, 5) is 19.8. The summed E-state index contributed by atoms with van der Waals surface area (Å²) in [6.07, 6.45) is 0.367. The second kappa shape index (κ2) is 10.1. The molecule has 1 aromatic heterocycles. The molecule has 0 unspecified atom stereocenters. The molecule has 162 valence electrons. The maximum absolute atomic E-state index is 13.5. The fraction of sp³-hybridized carbons (Fsp3) is 0.222. The van der Waals surface area contributed by atoms with Crippen LogP contribution in [0.2, 0.25) is 0 Å². The van der Waals surface area contributed by atoms with E-state index in [9.17, 15) is 4.79 Å². The van der Waals surface area contributed by atoms with Crippen molar-refractivity contribution >= 4 is 5.91 Å².